The number of hydrogen-bond acceptors (Lipinski definition) is 3. The molecule has 0 radical (unpaired) electrons. The Morgan fingerprint density at radius 3 is 2.32 bits per heavy atom. The lowest BCUT2D eigenvalue weighted by atomic mass is 9.98. The maximum Gasteiger partial charge on any atom is 0.223 e. The molecule has 1 amide bonds. The van der Waals surface area contributed by atoms with Crippen molar-refractivity contribution in [3.05, 3.63) is 65.2 Å². The molecule has 0 fully saturated rings. The van der Waals surface area contributed by atoms with Gasteiger partial charge in [0, 0.05) is 12.5 Å². The molecule has 0 heterocycles. The van der Waals surface area contributed by atoms with Gasteiger partial charge < -0.3 is 15.2 Å². The topological polar surface area (TPSA) is 58.6 Å². The number of aliphatic hydroxyl groups is 1. The Kier molecular flexibility index (Phi) is 7.02. The molecule has 2 aromatic carbocycles. The molecule has 2 atom stereocenters. The zero-order valence-corrected chi connectivity index (χ0v) is 15.2. The van der Waals surface area contributed by atoms with Gasteiger partial charge in [-0.1, -0.05) is 48.9 Å². The Morgan fingerprint density at radius 1 is 1.12 bits per heavy atom. The van der Waals surface area contributed by atoms with Gasteiger partial charge in [0.1, 0.15) is 5.75 Å². The fourth-order valence-electron chi connectivity index (χ4n) is 2.77. The van der Waals surface area contributed by atoms with Gasteiger partial charge in [0.15, 0.2) is 0 Å². The molecule has 0 aliphatic rings. The number of benzene rings is 2. The smallest absolute Gasteiger partial charge is 0.223 e. The summed E-state index contributed by atoms with van der Waals surface area (Å²) in [5.74, 6) is 0.627. The second kappa shape index (κ2) is 9.23. The number of amides is 1. The van der Waals surface area contributed by atoms with Gasteiger partial charge in [0.2, 0.25) is 5.91 Å². The molecule has 25 heavy (non-hydrogen) atoms. The summed E-state index contributed by atoms with van der Waals surface area (Å²) in [7, 11) is 1.62. The van der Waals surface area contributed by atoms with Gasteiger partial charge in [-0.05, 0) is 43.0 Å². The lowest BCUT2D eigenvalue weighted by Crippen LogP contribution is -2.34. The molecule has 2 aromatic rings. The number of carbonyl (C=O) groups is 1. The van der Waals surface area contributed by atoms with E-state index in [0.717, 1.165) is 16.9 Å². The maximum absolute atomic E-state index is 12.6. The zero-order chi connectivity index (χ0) is 18.2. The van der Waals surface area contributed by atoms with Crippen molar-refractivity contribution in [2.45, 2.75) is 32.7 Å². The second-order valence-electron chi connectivity index (χ2n) is 6.44. The highest BCUT2D eigenvalue weighted by Gasteiger charge is 2.19. The summed E-state index contributed by atoms with van der Waals surface area (Å²) < 4.78 is 5.17. The number of aliphatic hydroxyl groups excluding tert-OH is 1. The number of methoxy groups -OCH3 is 1. The van der Waals surface area contributed by atoms with E-state index in [2.05, 4.69) is 29.6 Å². The maximum atomic E-state index is 12.6. The van der Waals surface area contributed by atoms with E-state index >= 15 is 0 Å². The van der Waals surface area contributed by atoms with Crippen molar-refractivity contribution >= 4 is 5.91 Å². The molecular formula is C21H27NO3. The van der Waals surface area contributed by atoms with Crippen LogP contribution in [0.1, 0.15) is 36.1 Å². The first kappa shape index (κ1) is 19.0. The summed E-state index contributed by atoms with van der Waals surface area (Å²) in [5.41, 5.74) is 3.32. The average molecular weight is 341 g/mol. The van der Waals surface area contributed by atoms with Crippen LogP contribution in [0.15, 0.2) is 48.5 Å². The molecule has 2 unspecified atom stereocenters. The molecule has 0 saturated carbocycles. The van der Waals surface area contributed by atoms with Gasteiger partial charge in [-0.15, -0.1) is 0 Å². The van der Waals surface area contributed by atoms with Crippen molar-refractivity contribution in [1.29, 1.82) is 0 Å². The summed E-state index contributed by atoms with van der Waals surface area (Å²) in [4.78, 5) is 12.6. The van der Waals surface area contributed by atoms with Crippen LogP contribution in [-0.2, 0) is 11.2 Å². The van der Waals surface area contributed by atoms with E-state index in [1.165, 1.54) is 5.56 Å². The standard InChI is InChI=1S/C21H27NO3/c1-15-4-6-17(7-5-15)14-16(2)21(24)22-20(12-13-23)18-8-10-19(25-3)11-9-18/h4-11,16,20,23H,12-14H2,1-3H3,(H,22,24). The predicted octanol–water partition coefficient (Wildman–Crippen LogP) is 3.42. The molecule has 0 spiro atoms. The molecule has 4 nitrogen and oxygen atoms in total. The van der Waals surface area contributed by atoms with E-state index in [1.54, 1.807) is 7.11 Å². The molecule has 0 saturated heterocycles. The van der Waals surface area contributed by atoms with Crippen LogP contribution in [-0.4, -0.2) is 24.7 Å². The van der Waals surface area contributed by atoms with Crippen LogP contribution in [0, 0.1) is 12.8 Å². The Bertz CT molecular complexity index is 665. The SMILES string of the molecule is COc1ccc(C(CCO)NC(=O)C(C)Cc2ccc(C)cc2)cc1. The third-order valence-electron chi connectivity index (χ3n) is 4.36. The van der Waals surface area contributed by atoms with Gasteiger partial charge in [0.05, 0.1) is 13.2 Å². The summed E-state index contributed by atoms with van der Waals surface area (Å²) >= 11 is 0. The molecule has 2 rings (SSSR count). The lowest BCUT2D eigenvalue weighted by molar-refractivity contribution is -0.125. The number of nitrogens with one attached hydrogen (secondary N) is 1. The summed E-state index contributed by atoms with van der Waals surface area (Å²) in [5, 5.41) is 12.4. The van der Waals surface area contributed by atoms with Gasteiger partial charge in [-0.2, -0.15) is 0 Å². The van der Waals surface area contributed by atoms with Crippen LogP contribution < -0.4 is 10.1 Å². The van der Waals surface area contributed by atoms with E-state index in [1.807, 2.05) is 38.1 Å². The second-order valence-corrected chi connectivity index (χ2v) is 6.44. The van der Waals surface area contributed by atoms with Gasteiger partial charge >= 0.3 is 0 Å². The highest BCUT2D eigenvalue weighted by molar-refractivity contribution is 5.79. The Morgan fingerprint density at radius 2 is 1.76 bits per heavy atom. The van der Waals surface area contributed by atoms with Crippen LogP contribution in [0.2, 0.25) is 0 Å². The van der Waals surface area contributed by atoms with Crippen molar-refractivity contribution in [2.24, 2.45) is 5.92 Å². The third kappa shape index (κ3) is 5.61. The number of aryl methyl sites for hydroxylation is 1. The predicted molar refractivity (Wildman–Crippen MR) is 99.6 cm³/mol. The fraction of sp³-hybridized carbons (Fsp3) is 0.381. The fourth-order valence-corrected chi connectivity index (χ4v) is 2.77. The van der Waals surface area contributed by atoms with Crippen LogP contribution in [0.25, 0.3) is 0 Å². The van der Waals surface area contributed by atoms with E-state index < -0.39 is 0 Å². The first-order chi connectivity index (χ1) is 12.0. The van der Waals surface area contributed by atoms with Crippen molar-refractivity contribution in [2.75, 3.05) is 13.7 Å². The van der Waals surface area contributed by atoms with Crippen molar-refractivity contribution < 1.29 is 14.6 Å². The van der Waals surface area contributed by atoms with Crippen LogP contribution in [0.3, 0.4) is 0 Å². The van der Waals surface area contributed by atoms with Crippen LogP contribution >= 0.6 is 0 Å². The van der Waals surface area contributed by atoms with E-state index in [0.29, 0.717) is 12.8 Å². The largest absolute Gasteiger partial charge is 0.497 e. The van der Waals surface area contributed by atoms with Crippen molar-refractivity contribution in [1.82, 2.24) is 5.32 Å². The number of rotatable bonds is 8. The quantitative estimate of drug-likeness (QED) is 0.773. The van der Waals surface area contributed by atoms with E-state index in [-0.39, 0.29) is 24.5 Å². The Balaban J connectivity index is 2.01. The molecule has 2 N–H and O–H groups in total. The lowest BCUT2D eigenvalue weighted by Gasteiger charge is -2.21. The van der Waals surface area contributed by atoms with Gasteiger partial charge in [-0.25, -0.2) is 0 Å². The Hall–Kier alpha value is -2.33. The molecule has 4 heteroatoms. The number of carbonyl (C=O) groups excluding carboxylic acids is 1. The van der Waals surface area contributed by atoms with Gasteiger partial charge in [0.25, 0.3) is 0 Å². The average Bonchev–Trinajstić information content (AvgIpc) is 2.63. The van der Waals surface area contributed by atoms with Crippen LogP contribution in [0.5, 0.6) is 5.75 Å². The summed E-state index contributed by atoms with van der Waals surface area (Å²) in [6, 6.07) is 15.6. The normalized spacial score (nSPS) is 13.1. The van der Waals surface area contributed by atoms with E-state index in [9.17, 15) is 9.90 Å². The molecule has 0 aliphatic heterocycles. The van der Waals surface area contributed by atoms with Gasteiger partial charge in [-0.3, -0.25) is 4.79 Å². The molecule has 0 bridgehead atoms. The monoisotopic (exact) mass is 341 g/mol. The summed E-state index contributed by atoms with van der Waals surface area (Å²) in [6.07, 6.45) is 1.18. The van der Waals surface area contributed by atoms with Crippen molar-refractivity contribution in [3.63, 3.8) is 0 Å². The van der Waals surface area contributed by atoms with Crippen LogP contribution in [0.4, 0.5) is 0 Å². The minimum atomic E-state index is -0.205. The van der Waals surface area contributed by atoms with Crippen molar-refractivity contribution in [3.8, 4) is 5.75 Å². The Labute approximate surface area is 149 Å². The minimum Gasteiger partial charge on any atom is -0.497 e. The third-order valence-corrected chi connectivity index (χ3v) is 4.36. The number of ether oxygens (including phenoxy) is 1. The van der Waals surface area contributed by atoms with E-state index in [4.69, 9.17) is 4.74 Å². The molecule has 134 valence electrons. The first-order valence-corrected chi connectivity index (χ1v) is 8.64. The highest BCUT2D eigenvalue weighted by Crippen LogP contribution is 2.21. The highest BCUT2D eigenvalue weighted by atomic mass is 16.5. The molecule has 0 aromatic heterocycles. The zero-order valence-electron chi connectivity index (χ0n) is 15.2. The molecule has 0 aliphatic carbocycles. The summed E-state index contributed by atoms with van der Waals surface area (Å²) in [6.45, 7) is 4.00. The minimum absolute atomic E-state index is 0.00477. The first-order valence-electron chi connectivity index (χ1n) is 8.64. The number of hydrogen-bond donors (Lipinski definition) is 2. The molecular weight excluding hydrogens is 314 g/mol.